The summed E-state index contributed by atoms with van der Waals surface area (Å²) in [5.41, 5.74) is 0. The Morgan fingerprint density at radius 1 is 1.42 bits per heavy atom. The van der Waals surface area contributed by atoms with Gasteiger partial charge in [0.2, 0.25) is 0 Å². The number of nitrogens with one attached hydrogen (secondary N) is 1. The summed E-state index contributed by atoms with van der Waals surface area (Å²) in [5, 5.41) is 0. The third-order valence-corrected chi connectivity index (χ3v) is 2.48. The van der Waals surface area contributed by atoms with Crippen LogP contribution in [0.25, 0.3) is 0 Å². The van der Waals surface area contributed by atoms with Crippen LogP contribution in [-0.4, -0.2) is 13.0 Å². The third kappa shape index (κ3) is 2.97. The molecule has 2 nitrogen and oxygen atoms in total. The number of hydrogen-bond donors (Lipinski definition) is 2. The standard InChI is InChI=1S/C8H11NOS2/c1-10-7-2-4-8(5-3-7)12-9-6-11/h2-5,9,11H,6H2,1H3. The molecule has 0 unspecified atom stereocenters. The van der Waals surface area contributed by atoms with Gasteiger partial charge in [0.1, 0.15) is 5.75 Å². The topological polar surface area (TPSA) is 21.3 Å². The van der Waals surface area contributed by atoms with Crippen LogP contribution in [-0.2, 0) is 0 Å². The first-order valence-electron chi connectivity index (χ1n) is 3.51. The highest BCUT2D eigenvalue weighted by Gasteiger charge is 1.92. The van der Waals surface area contributed by atoms with E-state index in [1.807, 2.05) is 24.3 Å². The molecule has 0 aliphatic carbocycles. The quantitative estimate of drug-likeness (QED) is 0.443. The van der Waals surface area contributed by atoms with Crippen molar-refractivity contribution in [1.29, 1.82) is 0 Å². The maximum Gasteiger partial charge on any atom is 0.118 e. The smallest absolute Gasteiger partial charge is 0.118 e. The van der Waals surface area contributed by atoms with Gasteiger partial charge in [0.05, 0.1) is 7.11 Å². The molecule has 0 bridgehead atoms. The maximum absolute atomic E-state index is 5.03. The second-order valence-electron chi connectivity index (χ2n) is 2.08. The van der Waals surface area contributed by atoms with Crippen molar-refractivity contribution in [2.45, 2.75) is 4.90 Å². The zero-order valence-corrected chi connectivity index (χ0v) is 8.49. The van der Waals surface area contributed by atoms with Gasteiger partial charge in [-0.05, 0) is 36.2 Å². The zero-order chi connectivity index (χ0) is 8.81. The molecule has 66 valence electrons. The monoisotopic (exact) mass is 201 g/mol. The van der Waals surface area contributed by atoms with Crippen molar-refractivity contribution in [2.24, 2.45) is 0 Å². The van der Waals surface area contributed by atoms with E-state index in [4.69, 9.17) is 4.74 Å². The lowest BCUT2D eigenvalue weighted by molar-refractivity contribution is 0.414. The molecule has 4 heteroatoms. The van der Waals surface area contributed by atoms with Crippen molar-refractivity contribution in [3.05, 3.63) is 24.3 Å². The fourth-order valence-corrected chi connectivity index (χ4v) is 1.46. The molecule has 1 N–H and O–H groups in total. The summed E-state index contributed by atoms with van der Waals surface area (Å²) < 4.78 is 8.07. The third-order valence-electron chi connectivity index (χ3n) is 1.31. The summed E-state index contributed by atoms with van der Waals surface area (Å²) in [6.07, 6.45) is 0. The van der Waals surface area contributed by atoms with Crippen molar-refractivity contribution in [3.63, 3.8) is 0 Å². The fourth-order valence-electron chi connectivity index (χ4n) is 0.759. The normalized spacial score (nSPS) is 9.83. The number of hydrogen-bond acceptors (Lipinski definition) is 4. The van der Waals surface area contributed by atoms with Crippen LogP contribution in [0.15, 0.2) is 29.2 Å². The van der Waals surface area contributed by atoms with Gasteiger partial charge in [0, 0.05) is 10.8 Å². The minimum absolute atomic E-state index is 0.663. The van der Waals surface area contributed by atoms with Crippen LogP contribution < -0.4 is 9.46 Å². The highest BCUT2D eigenvalue weighted by molar-refractivity contribution is 7.98. The molecule has 12 heavy (non-hydrogen) atoms. The highest BCUT2D eigenvalue weighted by atomic mass is 32.2. The first kappa shape index (κ1) is 9.77. The zero-order valence-electron chi connectivity index (χ0n) is 6.78. The molecule has 0 saturated heterocycles. The summed E-state index contributed by atoms with van der Waals surface area (Å²) in [7, 11) is 1.66. The van der Waals surface area contributed by atoms with Gasteiger partial charge < -0.3 is 4.74 Å². The van der Waals surface area contributed by atoms with Gasteiger partial charge in [-0.25, -0.2) is 0 Å². The Balaban J connectivity index is 2.53. The Labute approximate surface area is 82.2 Å². The predicted octanol–water partition coefficient (Wildman–Crippen LogP) is 2.18. The van der Waals surface area contributed by atoms with Crippen molar-refractivity contribution in [1.82, 2.24) is 4.72 Å². The van der Waals surface area contributed by atoms with Crippen LogP contribution in [0.5, 0.6) is 5.75 Å². The Bertz CT molecular complexity index is 225. The Hall–Kier alpha value is -0.320. The van der Waals surface area contributed by atoms with Gasteiger partial charge in [-0.15, -0.1) is 0 Å². The van der Waals surface area contributed by atoms with Crippen molar-refractivity contribution in [3.8, 4) is 5.75 Å². The van der Waals surface area contributed by atoms with Crippen molar-refractivity contribution < 1.29 is 4.74 Å². The molecule has 0 fully saturated rings. The van der Waals surface area contributed by atoms with E-state index in [-0.39, 0.29) is 0 Å². The second kappa shape index (κ2) is 5.35. The summed E-state index contributed by atoms with van der Waals surface area (Å²) >= 11 is 5.59. The minimum Gasteiger partial charge on any atom is -0.497 e. The minimum atomic E-state index is 0.663. The van der Waals surface area contributed by atoms with Gasteiger partial charge in [0.25, 0.3) is 0 Å². The lowest BCUT2D eigenvalue weighted by Gasteiger charge is -2.02. The molecule has 0 aliphatic rings. The van der Waals surface area contributed by atoms with Gasteiger partial charge in [-0.2, -0.15) is 12.6 Å². The molecule has 1 aromatic carbocycles. The van der Waals surface area contributed by atoms with E-state index in [1.165, 1.54) is 0 Å². The molecule has 0 atom stereocenters. The van der Waals surface area contributed by atoms with Crippen molar-refractivity contribution in [2.75, 3.05) is 13.0 Å². The fraction of sp³-hybridized carbons (Fsp3) is 0.250. The van der Waals surface area contributed by atoms with Crippen LogP contribution in [0, 0.1) is 0 Å². The molecule has 0 amide bonds. The SMILES string of the molecule is COc1ccc(SNCS)cc1. The second-order valence-corrected chi connectivity index (χ2v) is 3.36. The van der Waals surface area contributed by atoms with E-state index < -0.39 is 0 Å². The van der Waals surface area contributed by atoms with Gasteiger partial charge >= 0.3 is 0 Å². The molecule has 1 rings (SSSR count). The molecule has 0 aromatic heterocycles. The first-order chi connectivity index (χ1) is 5.86. The summed E-state index contributed by atoms with van der Waals surface area (Å²) in [6, 6.07) is 7.87. The van der Waals surface area contributed by atoms with Crippen LogP contribution in [0.1, 0.15) is 0 Å². The molecule has 0 radical (unpaired) electrons. The van der Waals surface area contributed by atoms with E-state index in [9.17, 15) is 0 Å². The van der Waals surface area contributed by atoms with E-state index in [0.717, 1.165) is 10.6 Å². The van der Waals surface area contributed by atoms with E-state index in [2.05, 4.69) is 17.4 Å². The van der Waals surface area contributed by atoms with Crippen LogP contribution in [0.2, 0.25) is 0 Å². The molecule has 0 heterocycles. The van der Waals surface area contributed by atoms with E-state index in [1.54, 1.807) is 19.1 Å². The van der Waals surface area contributed by atoms with Crippen LogP contribution >= 0.6 is 24.6 Å². The number of ether oxygens (including phenoxy) is 1. The molecular formula is C8H11NOS2. The lowest BCUT2D eigenvalue weighted by atomic mass is 10.3. The molecule has 1 aromatic rings. The largest absolute Gasteiger partial charge is 0.497 e. The predicted molar refractivity (Wildman–Crippen MR) is 55.8 cm³/mol. The van der Waals surface area contributed by atoms with Crippen LogP contribution in [0.4, 0.5) is 0 Å². The summed E-state index contributed by atoms with van der Waals surface area (Å²) in [5.74, 6) is 1.54. The number of methoxy groups -OCH3 is 1. The van der Waals surface area contributed by atoms with Gasteiger partial charge in [-0.1, -0.05) is 0 Å². The number of rotatable bonds is 4. The lowest BCUT2D eigenvalue weighted by Crippen LogP contribution is -1.97. The molecular weight excluding hydrogens is 190 g/mol. The summed E-state index contributed by atoms with van der Waals surface area (Å²) in [6.45, 7) is 0. The molecule has 0 saturated carbocycles. The van der Waals surface area contributed by atoms with Crippen molar-refractivity contribution >= 4 is 24.6 Å². The molecule has 0 spiro atoms. The van der Waals surface area contributed by atoms with E-state index >= 15 is 0 Å². The van der Waals surface area contributed by atoms with Crippen LogP contribution in [0.3, 0.4) is 0 Å². The van der Waals surface area contributed by atoms with Gasteiger partial charge in [-0.3, -0.25) is 4.72 Å². The Kier molecular flexibility index (Phi) is 4.35. The Morgan fingerprint density at radius 3 is 2.58 bits per heavy atom. The molecule has 0 aliphatic heterocycles. The van der Waals surface area contributed by atoms with Gasteiger partial charge in [0.15, 0.2) is 0 Å². The number of benzene rings is 1. The maximum atomic E-state index is 5.03. The summed E-state index contributed by atoms with van der Waals surface area (Å²) in [4.78, 5) is 1.16. The first-order valence-corrected chi connectivity index (χ1v) is 4.96. The highest BCUT2D eigenvalue weighted by Crippen LogP contribution is 2.18. The number of thiol groups is 1. The van der Waals surface area contributed by atoms with E-state index in [0.29, 0.717) is 5.88 Å². The Morgan fingerprint density at radius 2 is 2.08 bits per heavy atom. The average Bonchev–Trinajstić information content (AvgIpc) is 2.15. The average molecular weight is 201 g/mol.